The van der Waals surface area contributed by atoms with Gasteiger partial charge in [-0.2, -0.15) is 0 Å². The van der Waals surface area contributed by atoms with Gasteiger partial charge in [0.2, 0.25) is 0 Å². The molecule has 0 fully saturated rings. The Labute approximate surface area is 148 Å². The summed E-state index contributed by atoms with van der Waals surface area (Å²) < 4.78 is 13.6. The van der Waals surface area contributed by atoms with Gasteiger partial charge in [-0.15, -0.1) is 0 Å². The molecule has 132 valence electrons. The van der Waals surface area contributed by atoms with E-state index in [9.17, 15) is 19.3 Å². The Morgan fingerprint density at radius 2 is 1.88 bits per heavy atom. The van der Waals surface area contributed by atoms with E-state index in [1.165, 1.54) is 30.3 Å². The molecule has 1 amide bonds. The minimum absolute atomic E-state index is 0.129. The molecule has 0 aliphatic carbocycles. The molecule has 6 nitrogen and oxygen atoms in total. The Bertz CT molecular complexity index is 1060. The molecule has 3 rings (SSSR count). The molecule has 26 heavy (non-hydrogen) atoms. The van der Waals surface area contributed by atoms with E-state index >= 15 is 0 Å². The molecule has 0 saturated heterocycles. The first-order valence-corrected chi connectivity index (χ1v) is 7.90. The summed E-state index contributed by atoms with van der Waals surface area (Å²) >= 11 is 0. The number of hydrogen-bond donors (Lipinski definition) is 1. The van der Waals surface area contributed by atoms with Crippen LogP contribution < -0.4 is 5.32 Å². The van der Waals surface area contributed by atoms with Crippen LogP contribution in [0.25, 0.3) is 10.9 Å². The van der Waals surface area contributed by atoms with Gasteiger partial charge < -0.3 is 5.32 Å². The van der Waals surface area contributed by atoms with Crippen LogP contribution in [0.3, 0.4) is 0 Å². The SMILES string of the molecule is Cc1cc(C)c(NC(=O)c2cc(C)nc3ccc(F)cc23)c([N+](=O)[O-])c1. The average Bonchev–Trinajstić information content (AvgIpc) is 2.56. The smallest absolute Gasteiger partial charge is 0.293 e. The number of hydrogen-bond acceptors (Lipinski definition) is 4. The van der Waals surface area contributed by atoms with Crippen molar-refractivity contribution < 1.29 is 14.1 Å². The Morgan fingerprint density at radius 3 is 2.58 bits per heavy atom. The largest absolute Gasteiger partial charge is 0.316 e. The number of anilines is 1. The number of aromatic nitrogens is 1. The number of nitrogens with one attached hydrogen (secondary N) is 1. The molecular formula is C19H16FN3O3. The highest BCUT2D eigenvalue weighted by molar-refractivity contribution is 6.13. The van der Waals surface area contributed by atoms with Gasteiger partial charge in [0, 0.05) is 17.1 Å². The fourth-order valence-corrected chi connectivity index (χ4v) is 2.95. The molecule has 3 aromatic rings. The van der Waals surface area contributed by atoms with E-state index in [1.54, 1.807) is 26.8 Å². The van der Waals surface area contributed by atoms with Crippen molar-refractivity contribution in [1.82, 2.24) is 4.98 Å². The molecule has 2 aromatic carbocycles. The Hall–Kier alpha value is -3.35. The number of nitro benzene ring substituents is 1. The van der Waals surface area contributed by atoms with Crippen molar-refractivity contribution >= 4 is 28.2 Å². The number of nitro groups is 1. The van der Waals surface area contributed by atoms with Crippen LogP contribution in [0.1, 0.15) is 27.2 Å². The lowest BCUT2D eigenvalue weighted by Gasteiger charge is -2.12. The number of benzene rings is 2. The molecule has 0 bridgehead atoms. The number of amides is 1. The number of pyridine rings is 1. The molecule has 0 radical (unpaired) electrons. The third-order valence-corrected chi connectivity index (χ3v) is 4.04. The molecule has 0 aliphatic heterocycles. The summed E-state index contributed by atoms with van der Waals surface area (Å²) in [6.45, 7) is 5.15. The first kappa shape index (κ1) is 17.5. The Balaban J connectivity index is 2.11. The van der Waals surface area contributed by atoms with Crippen LogP contribution in [0.15, 0.2) is 36.4 Å². The van der Waals surface area contributed by atoms with Gasteiger partial charge in [0.1, 0.15) is 11.5 Å². The maximum Gasteiger partial charge on any atom is 0.293 e. The summed E-state index contributed by atoms with van der Waals surface area (Å²) in [6.07, 6.45) is 0. The van der Waals surface area contributed by atoms with E-state index < -0.39 is 16.6 Å². The van der Waals surface area contributed by atoms with Gasteiger partial charge in [0.15, 0.2) is 0 Å². The van der Waals surface area contributed by atoms with Gasteiger partial charge in [-0.25, -0.2) is 4.39 Å². The molecule has 0 spiro atoms. The zero-order valence-electron chi connectivity index (χ0n) is 14.5. The highest BCUT2D eigenvalue weighted by atomic mass is 19.1. The lowest BCUT2D eigenvalue weighted by atomic mass is 10.1. The van der Waals surface area contributed by atoms with Crippen LogP contribution >= 0.6 is 0 Å². The van der Waals surface area contributed by atoms with Gasteiger partial charge in [-0.1, -0.05) is 6.07 Å². The fourth-order valence-electron chi connectivity index (χ4n) is 2.95. The van der Waals surface area contributed by atoms with Crippen LogP contribution in [0.4, 0.5) is 15.8 Å². The molecular weight excluding hydrogens is 337 g/mol. The van der Waals surface area contributed by atoms with E-state index in [0.29, 0.717) is 22.2 Å². The second-order valence-electron chi connectivity index (χ2n) is 6.16. The van der Waals surface area contributed by atoms with Crippen molar-refractivity contribution in [3.05, 3.63) is 74.7 Å². The van der Waals surface area contributed by atoms with Crippen molar-refractivity contribution in [3.63, 3.8) is 0 Å². The first-order valence-electron chi connectivity index (χ1n) is 7.90. The molecule has 1 N–H and O–H groups in total. The predicted molar refractivity (Wildman–Crippen MR) is 97.0 cm³/mol. The van der Waals surface area contributed by atoms with Crippen LogP contribution in [-0.4, -0.2) is 15.8 Å². The molecule has 0 saturated carbocycles. The summed E-state index contributed by atoms with van der Waals surface area (Å²) in [5.74, 6) is -1.05. The highest BCUT2D eigenvalue weighted by Crippen LogP contribution is 2.31. The van der Waals surface area contributed by atoms with Crippen molar-refractivity contribution in [2.45, 2.75) is 20.8 Å². The Morgan fingerprint density at radius 1 is 1.15 bits per heavy atom. The monoisotopic (exact) mass is 353 g/mol. The summed E-state index contributed by atoms with van der Waals surface area (Å²) in [5.41, 5.74) is 2.52. The second-order valence-corrected chi connectivity index (χ2v) is 6.16. The zero-order chi connectivity index (χ0) is 19.0. The number of fused-ring (bicyclic) bond motifs is 1. The second kappa shape index (κ2) is 6.51. The highest BCUT2D eigenvalue weighted by Gasteiger charge is 2.21. The van der Waals surface area contributed by atoms with Crippen molar-refractivity contribution in [3.8, 4) is 0 Å². The predicted octanol–water partition coefficient (Wildman–Crippen LogP) is 4.46. The van der Waals surface area contributed by atoms with Crippen LogP contribution in [-0.2, 0) is 0 Å². The number of aryl methyl sites for hydroxylation is 3. The van der Waals surface area contributed by atoms with E-state index in [1.807, 2.05) is 0 Å². The van der Waals surface area contributed by atoms with Gasteiger partial charge in [0.05, 0.1) is 16.0 Å². The standard InChI is InChI=1S/C19H16FN3O3/c1-10-6-11(2)18(17(7-10)23(25)26)22-19(24)15-8-12(3)21-16-5-4-13(20)9-14(15)16/h4-9H,1-3H3,(H,22,24). The number of carbonyl (C=O) groups is 1. The number of halogens is 1. The van der Waals surface area contributed by atoms with Gasteiger partial charge in [-0.05, 0) is 56.2 Å². The average molecular weight is 353 g/mol. The maximum absolute atomic E-state index is 13.6. The van der Waals surface area contributed by atoms with Gasteiger partial charge in [-0.3, -0.25) is 19.9 Å². The van der Waals surface area contributed by atoms with Crippen molar-refractivity contribution in [2.24, 2.45) is 0 Å². The van der Waals surface area contributed by atoms with Crippen LogP contribution in [0.2, 0.25) is 0 Å². The summed E-state index contributed by atoms with van der Waals surface area (Å²) in [7, 11) is 0. The third-order valence-electron chi connectivity index (χ3n) is 4.04. The van der Waals surface area contributed by atoms with Gasteiger partial charge in [0.25, 0.3) is 11.6 Å². The van der Waals surface area contributed by atoms with Gasteiger partial charge >= 0.3 is 0 Å². The number of rotatable bonds is 3. The molecule has 0 atom stereocenters. The molecule has 1 aromatic heterocycles. The minimum atomic E-state index is -0.554. The minimum Gasteiger partial charge on any atom is -0.316 e. The Kier molecular flexibility index (Phi) is 4.38. The number of carbonyl (C=O) groups excluding carboxylic acids is 1. The lowest BCUT2D eigenvalue weighted by molar-refractivity contribution is -0.384. The van der Waals surface area contributed by atoms with E-state index in [-0.39, 0.29) is 16.9 Å². The zero-order valence-corrected chi connectivity index (χ0v) is 14.5. The quantitative estimate of drug-likeness (QED) is 0.556. The van der Waals surface area contributed by atoms with E-state index in [4.69, 9.17) is 0 Å². The molecule has 7 heteroatoms. The normalized spacial score (nSPS) is 10.8. The third kappa shape index (κ3) is 3.23. The van der Waals surface area contributed by atoms with E-state index in [2.05, 4.69) is 10.3 Å². The summed E-state index contributed by atoms with van der Waals surface area (Å²) in [4.78, 5) is 27.9. The van der Waals surface area contributed by atoms with Crippen molar-refractivity contribution in [2.75, 3.05) is 5.32 Å². The molecule has 0 unspecified atom stereocenters. The lowest BCUT2D eigenvalue weighted by Crippen LogP contribution is -2.15. The van der Waals surface area contributed by atoms with Crippen LogP contribution in [0.5, 0.6) is 0 Å². The molecule has 1 heterocycles. The topological polar surface area (TPSA) is 85.1 Å². The maximum atomic E-state index is 13.6. The first-order chi connectivity index (χ1) is 12.3. The van der Waals surface area contributed by atoms with Crippen molar-refractivity contribution in [1.29, 1.82) is 0 Å². The summed E-state index contributed by atoms with van der Waals surface area (Å²) in [5, 5.41) is 14.3. The van der Waals surface area contributed by atoms with Crippen LogP contribution in [0, 0.1) is 36.7 Å². The number of nitrogens with zero attached hydrogens (tertiary/aromatic N) is 2. The summed E-state index contributed by atoms with van der Waals surface area (Å²) in [6, 6.07) is 8.68. The van der Waals surface area contributed by atoms with E-state index in [0.717, 1.165) is 5.56 Å². The molecule has 0 aliphatic rings. The fraction of sp³-hybridized carbons (Fsp3) is 0.158.